The summed E-state index contributed by atoms with van der Waals surface area (Å²) >= 11 is 4.45. The van der Waals surface area contributed by atoms with Gasteiger partial charge >= 0.3 is 0 Å². The number of rotatable bonds is 20. The van der Waals surface area contributed by atoms with Gasteiger partial charge in [0.2, 0.25) is 30.9 Å². The van der Waals surface area contributed by atoms with Crippen molar-refractivity contribution in [2.45, 2.75) is 219 Å². The maximum Gasteiger partial charge on any atom is 0.222 e. The number of thiol groups is 1. The van der Waals surface area contributed by atoms with Crippen LogP contribution in [0.4, 0.5) is 0 Å². The first-order chi connectivity index (χ1) is 22.8. The number of amides is 1. The SMILES string of the molecule is CC(C)C(=O)C1(O[Si](C(C)C)(C(C)C)C(C)C)C(O[Si](C(C)C)(C(C)C)C(C)C)CN(C(=O)CCCS)CC1O[Si](C(C)C)(C(C)C)C(C)C. The van der Waals surface area contributed by atoms with Crippen LogP contribution in [0.5, 0.6) is 0 Å². The second-order valence-corrected chi connectivity index (χ2v) is 35.3. The third-order valence-corrected chi connectivity index (χ3v) is 31.3. The fourth-order valence-electron chi connectivity index (χ4n) is 10.7. The molecule has 2 unspecified atom stereocenters. The van der Waals surface area contributed by atoms with E-state index in [1.54, 1.807) is 0 Å². The highest BCUT2D eigenvalue weighted by Gasteiger charge is 2.66. The first kappa shape index (κ1) is 48.0. The number of hydrogen-bond donors (Lipinski definition) is 1. The molecule has 0 aliphatic carbocycles. The van der Waals surface area contributed by atoms with Crippen molar-refractivity contribution in [3.63, 3.8) is 0 Å². The molecule has 1 amide bonds. The Labute approximate surface area is 319 Å². The molecular weight excluding hydrogens is 691 g/mol. The first-order valence-corrected chi connectivity index (χ1v) is 27.4. The van der Waals surface area contributed by atoms with Gasteiger partial charge in [-0.05, 0) is 62.0 Å². The molecule has 1 aliphatic rings. The van der Waals surface area contributed by atoms with E-state index in [1.165, 1.54) is 0 Å². The quantitative estimate of drug-likeness (QED) is 0.0986. The largest absolute Gasteiger partial charge is 0.408 e. The van der Waals surface area contributed by atoms with Gasteiger partial charge < -0.3 is 18.2 Å². The van der Waals surface area contributed by atoms with Crippen LogP contribution in [0.3, 0.4) is 0 Å². The number of likely N-dealkylation sites (tertiary alicyclic amines) is 1. The van der Waals surface area contributed by atoms with Crippen molar-refractivity contribution < 1.29 is 22.9 Å². The Morgan fingerprint density at radius 2 is 0.880 bits per heavy atom. The van der Waals surface area contributed by atoms with Crippen LogP contribution >= 0.6 is 12.6 Å². The van der Waals surface area contributed by atoms with Crippen molar-refractivity contribution in [3.05, 3.63) is 0 Å². The molecule has 2 atom stereocenters. The molecule has 0 saturated carbocycles. The second-order valence-electron chi connectivity index (χ2n) is 18.7. The summed E-state index contributed by atoms with van der Waals surface area (Å²) in [5.41, 5.74) is 1.16. The van der Waals surface area contributed by atoms with E-state index >= 15 is 4.79 Å². The Hall–Kier alpha value is 0.0206. The molecule has 0 spiro atoms. The Bertz CT molecular complexity index is 966. The van der Waals surface area contributed by atoms with E-state index in [0.717, 1.165) is 0 Å². The van der Waals surface area contributed by atoms with Gasteiger partial charge in [-0.3, -0.25) is 9.59 Å². The van der Waals surface area contributed by atoms with Crippen LogP contribution in [0.25, 0.3) is 0 Å². The van der Waals surface area contributed by atoms with Gasteiger partial charge in [-0.1, -0.05) is 138 Å². The predicted octanol–water partition coefficient (Wildman–Crippen LogP) is 11.8. The molecule has 1 rings (SSSR count). The molecule has 0 aromatic heterocycles. The maximum absolute atomic E-state index is 15.7. The normalized spacial score (nSPS) is 21.6. The van der Waals surface area contributed by atoms with Crippen molar-refractivity contribution in [3.8, 4) is 0 Å². The lowest BCUT2D eigenvalue weighted by Gasteiger charge is -2.61. The predicted molar refractivity (Wildman–Crippen MR) is 226 cm³/mol. The van der Waals surface area contributed by atoms with Crippen molar-refractivity contribution >= 4 is 49.3 Å². The molecule has 1 aliphatic heterocycles. The van der Waals surface area contributed by atoms with E-state index in [9.17, 15) is 4.79 Å². The summed E-state index contributed by atoms with van der Waals surface area (Å²) < 4.78 is 23.9. The van der Waals surface area contributed by atoms with Crippen molar-refractivity contribution in [2.75, 3.05) is 18.8 Å². The average molecular weight is 774 g/mol. The topological polar surface area (TPSA) is 65.1 Å². The molecular formula is C40H83NO5SSi3. The van der Waals surface area contributed by atoms with Crippen molar-refractivity contribution in [1.82, 2.24) is 4.90 Å². The lowest BCUT2D eigenvalue weighted by Crippen LogP contribution is -2.77. The molecule has 296 valence electrons. The van der Waals surface area contributed by atoms with Crippen molar-refractivity contribution in [1.29, 1.82) is 0 Å². The number of carbonyl (C=O) groups is 2. The van der Waals surface area contributed by atoms with Gasteiger partial charge in [-0.25, -0.2) is 0 Å². The van der Waals surface area contributed by atoms with Crippen LogP contribution in [0, 0.1) is 5.92 Å². The molecule has 0 aromatic carbocycles. The summed E-state index contributed by atoms with van der Waals surface area (Å²) in [6, 6.07) is 0. The Balaban J connectivity index is 4.64. The van der Waals surface area contributed by atoms with Gasteiger partial charge in [0.1, 0.15) is 12.2 Å². The number of nitrogens with zero attached hydrogens (tertiary/aromatic N) is 1. The van der Waals surface area contributed by atoms with Crippen LogP contribution < -0.4 is 0 Å². The van der Waals surface area contributed by atoms with Gasteiger partial charge in [0.25, 0.3) is 0 Å². The van der Waals surface area contributed by atoms with Crippen LogP contribution in [0.15, 0.2) is 0 Å². The molecule has 10 heteroatoms. The van der Waals surface area contributed by atoms with Crippen molar-refractivity contribution in [2.24, 2.45) is 5.92 Å². The van der Waals surface area contributed by atoms with Crippen LogP contribution in [0.2, 0.25) is 49.9 Å². The molecule has 0 bridgehead atoms. The number of hydrogen-bond acceptors (Lipinski definition) is 6. The Morgan fingerprint density at radius 1 is 0.580 bits per heavy atom. The molecule has 1 saturated heterocycles. The smallest absolute Gasteiger partial charge is 0.222 e. The number of piperidine rings is 1. The van der Waals surface area contributed by atoms with Crippen LogP contribution in [0.1, 0.15) is 151 Å². The molecule has 0 N–H and O–H groups in total. The monoisotopic (exact) mass is 774 g/mol. The van der Waals surface area contributed by atoms with E-state index in [2.05, 4.69) is 137 Å². The number of carbonyl (C=O) groups excluding carboxylic acids is 2. The summed E-state index contributed by atoms with van der Waals surface area (Å²) in [6.07, 6.45) is -0.162. The Kier molecular flexibility index (Phi) is 18.3. The van der Waals surface area contributed by atoms with E-state index in [-0.39, 0.29) is 34.2 Å². The van der Waals surface area contributed by atoms with E-state index < -0.39 is 42.8 Å². The van der Waals surface area contributed by atoms with Gasteiger partial charge in [0.15, 0.2) is 11.4 Å². The van der Waals surface area contributed by atoms with E-state index in [4.69, 9.17) is 13.3 Å². The number of Topliss-reactive ketones (excluding diaryl/α,β-unsaturated/α-hetero) is 1. The molecule has 1 fully saturated rings. The minimum atomic E-state index is -2.73. The lowest BCUT2D eigenvalue weighted by atomic mass is 9.78. The molecule has 0 aromatic rings. The van der Waals surface area contributed by atoms with Gasteiger partial charge in [-0.15, -0.1) is 0 Å². The summed E-state index contributed by atoms with van der Waals surface area (Å²) in [5.74, 6) is 0.506. The zero-order valence-electron chi connectivity index (χ0n) is 36.4. The minimum Gasteiger partial charge on any atom is -0.408 e. The third-order valence-electron chi connectivity index (χ3n) is 12.7. The van der Waals surface area contributed by atoms with Gasteiger partial charge in [-0.2, -0.15) is 12.6 Å². The van der Waals surface area contributed by atoms with E-state index in [0.29, 0.717) is 64.9 Å². The third kappa shape index (κ3) is 9.10. The lowest BCUT2D eigenvalue weighted by molar-refractivity contribution is -0.187. The standard InChI is InChI=1S/C40H83NO5SSi3/c1-26(2)39(43)40(46-50(33(15)16,34(17)18)35(19)20)36(44-48(27(3)4,28(5)6)29(7)8)24-41(38(42)22-21-23-47)25-37(40)45-49(30(9)10,31(11)12)32(13)14/h26-37,47H,21-25H2,1-20H3. The van der Waals surface area contributed by atoms with Crippen LogP contribution in [-0.2, 0) is 22.9 Å². The zero-order chi connectivity index (χ0) is 39.3. The molecule has 50 heavy (non-hydrogen) atoms. The van der Waals surface area contributed by atoms with E-state index in [1.807, 2.05) is 18.7 Å². The average Bonchev–Trinajstić information content (AvgIpc) is 2.98. The molecule has 1 heterocycles. The number of ketones is 1. The first-order valence-electron chi connectivity index (χ1n) is 20.3. The highest BCUT2D eigenvalue weighted by atomic mass is 32.1. The fraction of sp³-hybridized carbons (Fsp3) is 0.950. The highest BCUT2D eigenvalue weighted by Crippen LogP contribution is 2.53. The fourth-order valence-corrected chi connectivity index (χ4v) is 27.6. The van der Waals surface area contributed by atoms with Gasteiger partial charge in [0, 0.05) is 25.4 Å². The Morgan fingerprint density at radius 3 is 1.12 bits per heavy atom. The summed E-state index contributed by atoms with van der Waals surface area (Å²) in [5, 5.41) is 0. The second kappa shape index (κ2) is 19.1. The van der Waals surface area contributed by atoms with Gasteiger partial charge in [0.05, 0.1) is 0 Å². The molecule has 6 nitrogen and oxygen atoms in total. The summed E-state index contributed by atoms with van der Waals surface area (Å²) in [4.78, 5) is 31.9. The summed E-state index contributed by atoms with van der Waals surface area (Å²) in [6.45, 7) is 46.1. The zero-order valence-corrected chi connectivity index (χ0v) is 40.3. The molecule has 0 radical (unpaired) electrons. The maximum atomic E-state index is 15.7. The van der Waals surface area contributed by atoms with Crippen LogP contribution in [-0.4, -0.2) is 78.2 Å². The minimum absolute atomic E-state index is 0.0760. The summed E-state index contributed by atoms with van der Waals surface area (Å²) in [7, 11) is -7.92. The highest BCUT2D eigenvalue weighted by molar-refractivity contribution is 7.80.